The molecule has 1 aliphatic heterocycles. The van der Waals surface area contributed by atoms with Gasteiger partial charge in [-0.15, -0.1) is 0 Å². The fourth-order valence-corrected chi connectivity index (χ4v) is 2.30. The standard InChI is InChI=1S/C15H23N/c1-14(2,3)13-7-6-11-9-15(4,5)16-10-12(11)8-13/h6-8,16H,9-10H2,1-5H3. The Bertz CT molecular complexity index is 396. The van der Waals surface area contributed by atoms with Crippen LogP contribution in [0.5, 0.6) is 0 Å². The van der Waals surface area contributed by atoms with Crippen molar-refractivity contribution in [3.8, 4) is 0 Å². The molecule has 0 radical (unpaired) electrons. The summed E-state index contributed by atoms with van der Waals surface area (Å²) < 4.78 is 0. The van der Waals surface area contributed by atoms with Gasteiger partial charge in [-0.1, -0.05) is 39.0 Å². The third-order valence-corrected chi connectivity index (χ3v) is 3.46. The first kappa shape index (κ1) is 11.7. The van der Waals surface area contributed by atoms with Gasteiger partial charge in [0.05, 0.1) is 0 Å². The van der Waals surface area contributed by atoms with Crippen molar-refractivity contribution >= 4 is 0 Å². The highest BCUT2D eigenvalue weighted by Crippen LogP contribution is 2.28. The smallest absolute Gasteiger partial charge is 0.0213 e. The largest absolute Gasteiger partial charge is 0.307 e. The van der Waals surface area contributed by atoms with E-state index in [0.29, 0.717) is 0 Å². The van der Waals surface area contributed by atoms with Gasteiger partial charge in [-0.25, -0.2) is 0 Å². The van der Waals surface area contributed by atoms with Crippen LogP contribution in [0.25, 0.3) is 0 Å². The molecule has 0 aromatic heterocycles. The highest BCUT2D eigenvalue weighted by Gasteiger charge is 2.25. The first-order valence-corrected chi connectivity index (χ1v) is 6.15. The van der Waals surface area contributed by atoms with E-state index in [1.54, 1.807) is 0 Å². The first-order valence-electron chi connectivity index (χ1n) is 6.15. The predicted molar refractivity (Wildman–Crippen MR) is 69.8 cm³/mol. The van der Waals surface area contributed by atoms with Crippen LogP contribution in [0.3, 0.4) is 0 Å². The van der Waals surface area contributed by atoms with Gasteiger partial charge >= 0.3 is 0 Å². The lowest BCUT2D eigenvalue weighted by molar-refractivity contribution is 0.362. The second kappa shape index (κ2) is 3.59. The minimum absolute atomic E-state index is 0.246. The lowest BCUT2D eigenvalue weighted by Crippen LogP contribution is -2.44. The molecule has 1 nitrogen and oxygen atoms in total. The second-order valence-electron chi connectivity index (χ2n) is 6.65. The molecule has 1 heteroatoms. The van der Waals surface area contributed by atoms with Crippen LogP contribution in [-0.2, 0) is 18.4 Å². The number of rotatable bonds is 0. The molecule has 1 aliphatic rings. The molecule has 0 spiro atoms. The summed E-state index contributed by atoms with van der Waals surface area (Å²) in [6.45, 7) is 12.4. The van der Waals surface area contributed by atoms with Crippen LogP contribution in [-0.4, -0.2) is 5.54 Å². The first-order chi connectivity index (χ1) is 7.28. The molecule has 1 aromatic carbocycles. The molecule has 0 aliphatic carbocycles. The van der Waals surface area contributed by atoms with Gasteiger partial charge in [0.1, 0.15) is 0 Å². The van der Waals surface area contributed by atoms with Crippen LogP contribution >= 0.6 is 0 Å². The van der Waals surface area contributed by atoms with E-state index in [9.17, 15) is 0 Å². The molecular formula is C15H23N. The fraction of sp³-hybridized carbons (Fsp3) is 0.600. The Morgan fingerprint density at radius 2 is 1.81 bits per heavy atom. The zero-order valence-corrected chi connectivity index (χ0v) is 11.1. The van der Waals surface area contributed by atoms with Crippen molar-refractivity contribution in [1.29, 1.82) is 0 Å². The molecule has 0 amide bonds. The maximum atomic E-state index is 3.59. The Balaban J connectivity index is 2.36. The van der Waals surface area contributed by atoms with Crippen LogP contribution in [0.2, 0.25) is 0 Å². The molecule has 0 bridgehead atoms. The van der Waals surface area contributed by atoms with Crippen LogP contribution in [0, 0.1) is 0 Å². The third-order valence-electron chi connectivity index (χ3n) is 3.46. The van der Waals surface area contributed by atoms with Gasteiger partial charge in [0, 0.05) is 12.1 Å². The third kappa shape index (κ3) is 2.30. The predicted octanol–water partition coefficient (Wildman–Crippen LogP) is 3.41. The lowest BCUT2D eigenvalue weighted by atomic mass is 9.81. The lowest BCUT2D eigenvalue weighted by Gasteiger charge is -2.34. The van der Waals surface area contributed by atoms with E-state index in [1.807, 2.05) is 0 Å². The monoisotopic (exact) mass is 217 g/mol. The van der Waals surface area contributed by atoms with Crippen LogP contribution in [0.15, 0.2) is 18.2 Å². The molecule has 1 N–H and O–H groups in total. The molecule has 0 saturated heterocycles. The van der Waals surface area contributed by atoms with E-state index < -0.39 is 0 Å². The summed E-state index contributed by atoms with van der Waals surface area (Å²) in [6.07, 6.45) is 1.13. The maximum absolute atomic E-state index is 3.59. The highest BCUT2D eigenvalue weighted by atomic mass is 15.0. The molecule has 0 saturated carbocycles. The molecular weight excluding hydrogens is 194 g/mol. The number of hydrogen-bond donors (Lipinski definition) is 1. The van der Waals surface area contributed by atoms with Crippen molar-refractivity contribution in [3.05, 3.63) is 34.9 Å². The number of fused-ring (bicyclic) bond motifs is 1. The number of nitrogens with one attached hydrogen (secondary N) is 1. The zero-order chi connectivity index (χ0) is 12.0. The van der Waals surface area contributed by atoms with Crippen LogP contribution < -0.4 is 5.32 Å². The van der Waals surface area contributed by atoms with E-state index in [4.69, 9.17) is 0 Å². The number of benzene rings is 1. The molecule has 0 atom stereocenters. The van der Waals surface area contributed by atoms with Gasteiger partial charge in [0.15, 0.2) is 0 Å². The van der Waals surface area contributed by atoms with Crippen molar-refractivity contribution in [2.24, 2.45) is 0 Å². The normalized spacial score (nSPS) is 19.3. The Labute approximate surface area is 99.3 Å². The van der Waals surface area contributed by atoms with Gasteiger partial charge in [0.25, 0.3) is 0 Å². The van der Waals surface area contributed by atoms with E-state index >= 15 is 0 Å². The summed E-state index contributed by atoms with van der Waals surface area (Å²) >= 11 is 0. The number of hydrogen-bond acceptors (Lipinski definition) is 1. The van der Waals surface area contributed by atoms with Gasteiger partial charge in [0.2, 0.25) is 0 Å². The Morgan fingerprint density at radius 3 is 2.44 bits per heavy atom. The second-order valence-corrected chi connectivity index (χ2v) is 6.65. The van der Waals surface area contributed by atoms with Crippen molar-refractivity contribution in [2.75, 3.05) is 0 Å². The molecule has 16 heavy (non-hydrogen) atoms. The summed E-state index contributed by atoms with van der Waals surface area (Å²) in [7, 11) is 0. The fourth-order valence-electron chi connectivity index (χ4n) is 2.30. The Kier molecular flexibility index (Phi) is 2.62. The van der Waals surface area contributed by atoms with Gasteiger partial charge in [-0.05, 0) is 42.4 Å². The van der Waals surface area contributed by atoms with Crippen molar-refractivity contribution in [2.45, 2.75) is 58.5 Å². The molecule has 1 heterocycles. The SMILES string of the molecule is CC1(C)Cc2ccc(C(C)(C)C)cc2CN1. The minimum atomic E-state index is 0.246. The van der Waals surface area contributed by atoms with E-state index in [2.05, 4.69) is 58.1 Å². The molecule has 88 valence electrons. The van der Waals surface area contributed by atoms with E-state index in [0.717, 1.165) is 13.0 Å². The van der Waals surface area contributed by atoms with Gasteiger partial charge in [-0.2, -0.15) is 0 Å². The summed E-state index contributed by atoms with van der Waals surface area (Å²) in [4.78, 5) is 0. The van der Waals surface area contributed by atoms with Gasteiger partial charge in [-0.3, -0.25) is 0 Å². The average molecular weight is 217 g/mol. The molecule has 0 unspecified atom stereocenters. The van der Waals surface area contributed by atoms with E-state index in [-0.39, 0.29) is 11.0 Å². The van der Waals surface area contributed by atoms with Crippen molar-refractivity contribution < 1.29 is 0 Å². The average Bonchev–Trinajstić information content (AvgIpc) is 2.14. The quantitative estimate of drug-likeness (QED) is 0.702. The summed E-state index contributed by atoms with van der Waals surface area (Å²) in [6, 6.07) is 6.98. The van der Waals surface area contributed by atoms with E-state index in [1.165, 1.54) is 16.7 Å². The van der Waals surface area contributed by atoms with Crippen molar-refractivity contribution in [1.82, 2.24) is 5.32 Å². The molecule has 2 rings (SSSR count). The minimum Gasteiger partial charge on any atom is -0.307 e. The van der Waals surface area contributed by atoms with Crippen molar-refractivity contribution in [3.63, 3.8) is 0 Å². The molecule has 0 fully saturated rings. The highest BCUT2D eigenvalue weighted by molar-refractivity contribution is 5.37. The van der Waals surface area contributed by atoms with Crippen LogP contribution in [0.1, 0.15) is 51.3 Å². The maximum Gasteiger partial charge on any atom is 0.0213 e. The Morgan fingerprint density at radius 1 is 1.12 bits per heavy atom. The topological polar surface area (TPSA) is 12.0 Å². The summed E-state index contributed by atoms with van der Waals surface area (Å²) in [5.41, 5.74) is 4.93. The zero-order valence-electron chi connectivity index (χ0n) is 11.1. The molecule has 1 aromatic rings. The Hall–Kier alpha value is -0.820. The van der Waals surface area contributed by atoms with Gasteiger partial charge < -0.3 is 5.32 Å². The van der Waals surface area contributed by atoms with Crippen LogP contribution in [0.4, 0.5) is 0 Å². The summed E-state index contributed by atoms with van der Waals surface area (Å²) in [5.74, 6) is 0. The summed E-state index contributed by atoms with van der Waals surface area (Å²) in [5, 5.41) is 3.59.